The highest BCUT2D eigenvalue weighted by atomic mass is 16.2. The second kappa shape index (κ2) is 5.56. The number of fused-ring (bicyclic) bond motifs is 4. The average Bonchev–Trinajstić information content (AvgIpc) is 2.94. The lowest BCUT2D eigenvalue weighted by molar-refractivity contribution is 0.0163. The van der Waals surface area contributed by atoms with E-state index in [4.69, 9.17) is 0 Å². The molecule has 4 heterocycles. The van der Waals surface area contributed by atoms with E-state index in [1.54, 1.807) is 0 Å². The van der Waals surface area contributed by atoms with Crippen molar-refractivity contribution in [1.82, 2.24) is 9.88 Å². The third-order valence-corrected chi connectivity index (χ3v) is 5.65. The molecule has 0 aliphatic carbocycles. The summed E-state index contributed by atoms with van der Waals surface area (Å²) in [5.41, 5.74) is 3.84. The number of nitrogens with one attached hydrogen (secondary N) is 1. The number of rotatable bonds is 4. The first-order valence-electron chi connectivity index (χ1n) is 8.38. The number of aliphatic hydroxyl groups excluding tert-OH is 1. The highest BCUT2D eigenvalue weighted by molar-refractivity contribution is 5.84. The Bertz CT molecular complexity index is 690. The molecule has 1 aromatic heterocycles. The Labute approximate surface area is 131 Å². The van der Waals surface area contributed by atoms with Crippen LogP contribution in [0.3, 0.4) is 0 Å². The van der Waals surface area contributed by atoms with Crippen LogP contribution < -0.4 is 0 Å². The summed E-state index contributed by atoms with van der Waals surface area (Å²) in [6.45, 7) is 6.54. The number of para-hydroxylation sites is 1. The quantitative estimate of drug-likeness (QED) is 0.850. The lowest BCUT2D eigenvalue weighted by Gasteiger charge is -2.49. The van der Waals surface area contributed by atoms with Gasteiger partial charge >= 0.3 is 0 Å². The van der Waals surface area contributed by atoms with E-state index in [-0.39, 0.29) is 6.61 Å². The van der Waals surface area contributed by atoms with Crippen molar-refractivity contribution in [1.29, 1.82) is 0 Å². The Morgan fingerprint density at radius 2 is 2.23 bits per heavy atom. The van der Waals surface area contributed by atoms with E-state index in [1.807, 2.05) is 0 Å². The van der Waals surface area contributed by atoms with Gasteiger partial charge in [-0.3, -0.25) is 4.90 Å². The predicted octanol–water partition coefficient (Wildman–Crippen LogP) is 3.27. The van der Waals surface area contributed by atoms with E-state index in [0.29, 0.717) is 12.0 Å². The van der Waals surface area contributed by atoms with Crippen LogP contribution in [0.25, 0.3) is 10.9 Å². The van der Waals surface area contributed by atoms with Gasteiger partial charge in [-0.05, 0) is 49.3 Å². The highest BCUT2D eigenvalue weighted by Crippen LogP contribution is 2.45. The maximum atomic E-state index is 9.49. The van der Waals surface area contributed by atoms with Crippen LogP contribution >= 0.6 is 0 Å². The third-order valence-electron chi connectivity index (χ3n) is 5.65. The first kappa shape index (κ1) is 14.0. The maximum Gasteiger partial charge on any atom is 0.0504 e. The largest absolute Gasteiger partial charge is 0.396 e. The normalized spacial score (nSPS) is 30.8. The summed E-state index contributed by atoms with van der Waals surface area (Å²) in [5, 5.41) is 10.8. The number of piperidine rings is 3. The molecule has 4 atom stereocenters. The Morgan fingerprint density at radius 1 is 1.36 bits per heavy atom. The van der Waals surface area contributed by atoms with Crippen LogP contribution in [0, 0.1) is 11.8 Å². The molecule has 2 N–H and O–H groups in total. The van der Waals surface area contributed by atoms with Crippen LogP contribution in [-0.2, 0) is 6.42 Å². The van der Waals surface area contributed by atoms with Crippen LogP contribution in [0.15, 0.2) is 36.9 Å². The number of aromatic amines is 1. The third kappa shape index (κ3) is 2.11. The van der Waals surface area contributed by atoms with E-state index in [0.717, 1.165) is 18.9 Å². The molecule has 2 bridgehead atoms. The van der Waals surface area contributed by atoms with Gasteiger partial charge in [0.2, 0.25) is 0 Å². The molecule has 3 nitrogen and oxygen atoms in total. The fraction of sp³-hybridized carbons (Fsp3) is 0.474. The van der Waals surface area contributed by atoms with Crippen LogP contribution in [0.4, 0.5) is 0 Å². The Balaban J connectivity index is 1.75. The molecular formula is C19H24N2O. The molecular weight excluding hydrogens is 272 g/mol. The van der Waals surface area contributed by atoms with Crippen LogP contribution in [0.1, 0.15) is 30.1 Å². The van der Waals surface area contributed by atoms with E-state index in [9.17, 15) is 5.11 Å². The summed E-state index contributed by atoms with van der Waals surface area (Å²) in [5.74, 6) is 1.41. The smallest absolute Gasteiger partial charge is 0.0504 e. The lowest BCUT2D eigenvalue weighted by atomic mass is 9.74. The van der Waals surface area contributed by atoms with Gasteiger partial charge in [0.05, 0.1) is 6.04 Å². The van der Waals surface area contributed by atoms with E-state index < -0.39 is 0 Å². The minimum absolute atomic E-state index is 0.209. The van der Waals surface area contributed by atoms with E-state index in [2.05, 4.69) is 46.8 Å². The molecule has 116 valence electrons. The SMILES string of the molecule is C=C[C@H]1CN2CC[C@H]1C[C@H]2c1[nH]c2ccccc2c1CCO. The topological polar surface area (TPSA) is 39.3 Å². The Hall–Kier alpha value is -1.58. The number of aromatic nitrogens is 1. The molecule has 3 fully saturated rings. The molecule has 3 saturated heterocycles. The number of benzene rings is 1. The predicted molar refractivity (Wildman–Crippen MR) is 89.8 cm³/mol. The first-order chi connectivity index (χ1) is 10.8. The van der Waals surface area contributed by atoms with Gasteiger partial charge in [-0.1, -0.05) is 24.3 Å². The minimum Gasteiger partial charge on any atom is -0.396 e. The Morgan fingerprint density at radius 3 is 2.95 bits per heavy atom. The van der Waals surface area contributed by atoms with Crippen molar-refractivity contribution >= 4 is 10.9 Å². The zero-order valence-electron chi connectivity index (χ0n) is 13.0. The van der Waals surface area contributed by atoms with E-state index in [1.165, 1.54) is 41.5 Å². The van der Waals surface area contributed by atoms with Crippen molar-refractivity contribution < 1.29 is 5.11 Å². The van der Waals surface area contributed by atoms with Gasteiger partial charge in [0.25, 0.3) is 0 Å². The van der Waals surface area contributed by atoms with Gasteiger partial charge in [0.15, 0.2) is 0 Å². The van der Waals surface area contributed by atoms with Gasteiger partial charge in [-0.25, -0.2) is 0 Å². The maximum absolute atomic E-state index is 9.49. The number of nitrogens with zero attached hydrogens (tertiary/aromatic N) is 1. The monoisotopic (exact) mass is 296 g/mol. The molecule has 3 aliphatic heterocycles. The summed E-state index contributed by atoms with van der Waals surface area (Å²) < 4.78 is 0. The number of aliphatic hydroxyl groups is 1. The molecule has 3 aliphatic rings. The summed E-state index contributed by atoms with van der Waals surface area (Å²) in [4.78, 5) is 6.27. The second-order valence-electron chi connectivity index (χ2n) is 6.73. The van der Waals surface area contributed by atoms with Crippen LogP contribution in [0.5, 0.6) is 0 Å². The fourth-order valence-electron chi connectivity index (χ4n) is 4.52. The van der Waals surface area contributed by atoms with E-state index >= 15 is 0 Å². The molecule has 3 heteroatoms. The molecule has 1 unspecified atom stereocenters. The molecule has 0 radical (unpaired) electrons. The van der Waals surface area contributed by atoms with Gasteiger partial charge in [-0.2, -0.15) is 0 Å². The molecule has 0 saturated carbocycles. The van der Waals surface area contributed by atoms with Crippen molar-refractivity contribution in [3.8, 4) is 0 Å². The fourth-order valence-corrected chi connectivity index (χ4v) is 4.52. The van der Waals surface area contributed by atoms with Gasteiger partial charge in [0, 0.05) is 29.7 Å². The van der Waals surface area contributed by atoms with Crippen molar-refractivity contribution in [3.05, 3.63) is 48.2 Å². The zero-order valence-corrected chi connectivity index (χ0v) is 13.0. The zero-order chi connectivity index (χ0) is 15.1. The molecule has 1 aromatic carbocycles. The minimum atomic E-state index is 0.209. The standard InChI is InChI=1S/C19H24N2O/c1-2-13-12-21-9-7-14(13)11-18(21)19-16(8-10-22)15-5-3-4-6-17(15)20-19/h2-6,13-14,18,20,22H,1,7-12H2/t13-,14-,18-/m0/s1. The lowest BCUT2D eigenvalue weighted by Crippen LogP contribution is -2.48. The summed E-state index contributed by atoms with van der Waals surface area (Å²) >= 11 is 0. The van der Waals surface area contributed by atoms with Crippen molar-refractivity contribution in [3.63, 3.8) is 0 Å². The van der Waals surface area contributed by atoms with Gasteiger partial charge in [0.1, 0.15) is 0 Å². The molecule has 22 heavy (non-hydrogen) atoms. The average molecular weight is 296 g/mol. The van der Waals surface area contributed by atoms with Crippen molar-refractivity contribution in [2.24, 2.45) is 11.8 Å². The molecule has 5 rings (SSSR count). The highest BCUT2D eigenvalue weighted by Gasteiger charge is 2.40. The summed E-state index contributed by atoms with van der Waals surface area (Å²) in [6, 6.07) is 8.95. The molecule has 2 aromatic rings. The molecule has 0 amide bonds. The summed E-state index contributed by atoms with van der Waals surface area (Å²) in [7, 11) is 0. The first-order valence-corrected chi connectivity index (χ1v) is 8.38. The van der Waals surface area contributed by atoms with Gasteiger partial charge < -0.3 is 10.1 Å². The van der Waals surface area contributed by atoms with Gasteiger partial charge in [-0.15, -0.1) is 6.58 Å². The van der Waals surface area contributed by atoms with Crippen LogP contribution in [0.2, 0.25) is 0 Å². The second-order valence-corrected chi connectivity index (χ2v) is 6.73. The molecule has 0 spiro atoms. The Kier molecular flexibility index (Phi) is 3.55. The van der Waals surface area contributed by atoms with Crippen molar-refractivity contribution in [2.75, 3.05) is 19.7 Å². The number of H-pyrrole nitrogens is 1. The van der Waals surface area contributed by atoms with Crippen LogP contribution in [-0.4, -0.2) is 34.7 Å². The van der Waals surface area contributed by atoms with Crippen molar-refractivity contribution in [2.45, 2.75) is 25.3 Å². The summed E-state index contributed by atoms with van der Waals surface area (Å²) in [6.07, 6.45) is 5.39. The number of hydrogen-bond donors (Lipinski definition) is 2. The number of hydrogen-bond acceptors (Lipinski definition) is 2.